The minimum atomic E-state index is -3.66. The Morgan fingerprint density at radius 3 is 2.42 bits per heavy atom. The minimum Gasteiger partial charge on any atom is -0.318 e. The number of sulfonamides is 1. The first-order chi connectivity index (χ1) is 12.3. The second kappa shape index (κ2) is 7.23. The highest BCUT2D eigenvalue weighted by Crippen LogP contribution is 2.22. The van der Waals surface area contributed by atoms with Crippen LogP contribution in [0.15, 0.2) is 59.5 Å². The molecular formula is C19H18ClFN2O2S. The van der Waals surface area contributed by atoms with Crippen LogP contribution in [0.3, 0.4) is 0 Å². The van der Waals surface area contributed by atoms with E-state index in [2.05, 4.69) is 4.72 Å². The topological polar surface area (TPSA) is 51.1 Å². The fraction of sp³-hybridized carbons (Fsp3) is 0.158. The van der Waals surface area contributed by atoms with Gasteiger partial charge in [-0.3, -0.25) is 0 Å². The minimum absolute atomic E-state index is 0.123. The Kier molecular flexibility index (Phi) is 5.18. The van der Waals surface area contributed by atoms with Gasteiger partial charge in [-0.2, -0.15) is 0 Å². The molecule has 0 radical (unpaired) electrons. The van der Waals surface area contributed by atoms with Gasteiger partial charge in [0.1, 0.15) is 5.82 Å². The number of rotatable bonds is 5. The lowest BCUT2D eigenvalue weighted by Crippen LogP contribution is -2.23. The van der Waals surface area contributed by atoms with Gasteiger partial charge in [0.2, 0.25) is 10.0 Å². The monoisotopic (exact) mass is 392 g/mol. The van der Waals surface area contributed by atoms with Crippen LogP contribution in [-0.4, -0.2) is 13.0 Å². The summed E-state index contributed by atoms with van der Waals surface area (Å²) in [4.78, 5) is 0.123. The summed E-state index contributed by atoms with van der Waals surface area (Å²) in [6.45, 7) is 3.97. The van der Waals surface area contributed by atoms with Crippen molar-refractivity contribution in [1.82, 2.24) is 9.29 Å². The van der Waals surface area contributed by atoms with Crippen molar-refractivity contribution in [1.29, 1.82) is 0 Å². The molecule has 0 fully saturated rings. The van der Waals surface area contributed by atoms with Crippen molar-refractivity contribution in [3.63, 3.8) is 0 Å². The molecule has 2 aromatic carbocycles. The second-order valence-corrected chi connectivity index (χ2v) is 8.19. The van der Waals surface area contributed by atoms with Crippen molar-refractivity contribution >= 4 is 21.6 Å². The normalized spacial score (nSPS) is 11.7. The van der Waals surface area contributed by atoms with E-state index in [1.54, 1.807) is 24.3 Å². The Morgan fingerprint density at radius 1 is 1.08 bits per heavy atom. The zero-order valence-electron chi connectivity index (χ0n) is 14.3. The van der Waals surface area contributed by atoms with Gasteiger partial charge in [0.15, 0.2) is 0 Å². The van der Waals surface area contributed by atoms with Gasteiger partial charge in [0.05, 0.1) is 4.90 Å². The van der Waals surface area contributed by atoms with Gasteiger partial charge in [-0.1, -0.05) is 17.7 Å². The Hall–Kier alpha value is -2.15. The van der Waals surface area contributed by atoms with Gasteiger partial charge >= 0.3 is 0 Å². The van der Waals surface area contributed by atoms with Crippen LogP contribution in [0.2, 0.25) is 5.02 Å². The van der Waals surface area contributed by atoms with Crippen LogP contribution in [-0.2, 0) is 16.6 Å². The van der Waals surface area contributed by atoms with E-state index < -0.39 is 10.0 Å². The molecule has 0 aliphatic carbocycles. The third-order valence-electron chi connectivity index (χ3n) is 4.18. The molecule has 4 nitrogen and oxygen atoms in total. The van der Waals surface area contributed by atoms with Crippen LogP contribution in [0.4, 0.5) is 4.39 Å². The van der Waals surface area contributed by atoms with E-state index >= 15 is 0 Å². The zero-order chi connectivity index (χ0) is 18.9. The molecule has 0 unspecified atom stereocenters. The molecule has 7 heteroatoms. The van der Waals surface area contributed by atoms with Crippen LogP contribution in [0.1, 0.15) is 17.0 Å². The predicted octanol–water partition coefficient (Wildman–Crippen LogP) is 4.37. The molecule has 26 heavy (non-hydrogen) atoms. The maximum absolute atomic E-state index is 13.2. The lowest BCUT2D eigenvalue weighted by molar-refractivity contribution is 0.581. The third-order valence-corrected chi connectivity index (χ3v) is 5.81. The van der Waals surface area contributed by atoms with Gasteiger partial charge in [-0.25, -0.2) is 17.5 Å². The van der Waals surface area contributed by atoms with Crippen molar-refractivity contribution in [3.8, 4) is 5.69 Å². The van der Waals surface area contributed by atoms with E-state index in [1.165, 1.54) is 24.3 Å². The molecule has 3 aromatic rings. The fourth-order valence-electron chi connectivity index (χ4n) is 2.89. The number of nitrogens with one attached hydrogen (secondary N) is 1. The molecule has 0 amide bonds. The Balaban J connectivity index is 1.85. The average molecular weight is 393 g/mol. The third kappa shape index (κ3) is 3.82. The van der Waals surface area contributed by atoms with E-state index in [0.29, 0.717) is 5.02 Å². The summed E-state index contributed by atoms with van der Waals surface area (Å²) < 4.78 is 42.6. The van der Waals surface area contributed by atoms with Crippen LogP contribution < -0.4 is 4.72 Å². The molecule has 0 aliphatic rings. The van der Waals surface area contributed by atoms with Crippen molar-refractivity contribution < 1.29 is 12.8 Å². The summed E-state index contributed by atoms with van der Waals surface area (Å²) in [5.41, 5.74) is 3.50. The Morgan fingerprint density at radius 2 is 1.77 bits per heavy atom. The Bertz CT molecular complexity index is 1040. The van der Waals surface area contributed by atoms with Gasteiger partial charge in [0, 0.05) is 28.6 Å². The molecule has 1 heterocycles. The first-order valence-corrected chi connectivity index (χ1v) is 9.83. The van der Waals surface area contributed by atoms with Crippen LogP contribution >= 0.6 is 11.6 Å². The first-order valence-electron chi connectivity index (χ1n) is 7.97. The molecule has 0 aliphatic heterocycles. The summed E-state index contributed by atoms with van der Waals surface area (Å²) >= 11 is 5.87. The molecule has 0 bridgehead atoms. The molecule has 136 valence electrons. The largest absolute Gasteiger partial charge is 0.318 e. The molecule has 1 N–H and O–H groups in total. The lowest BCUT2D eigenvalue weighted by Gasteiger charge is -2.11. The van der Waals surface area contributed by atoms with Crippen molar-refractivity contribution in [2.45, 2.75) is 25.3 Å². The summed E-state index contributed by atoms with van der Waals surface area (Å²) in [5.74, 6) is -0.300. The number of nitrogens with zero attached hydrogens (tertiary/aromatic N) is 1. The summed E-state index contributed by atoms with van der Waals surface area (Å²) in [7, 11) is -3.66. The second-order valence-electron chi connectivity index (χ2n) is 5.99. The maximum Gasteiger partial charge on any atom is 0.240 e. The molecular weight excluding hydrogens is 375 g/mol. The summed E-state index contributed by atoms with van der Waals surface area (Å²) in [5, 5.41) is 0.363. The van der Waals surface area contributed by atoms with Crippen LogP contribution in [0.5, 0.6) is 0 Å². The highest BCUT2D eigenvalue weighted by Gasteiger charge is 2.17. The number of halogens is 2. The molecule has 0 atom stereocenters. The van der Waals surface area contributed by atoms with E-state index in [1.807, 2.05) is 24.5 Å². The van der Waals surface area contributed by atoms with Crippen LogP contribution in [0, 0.1) is 19.7 Å². The number of benzene rings is 2. The van der Waals surface area contributed by atoms with E-state index in [4.69, 9.17) is 11.6 Å². The van der Waals surface area contributed by atoms with Crippen molar-refractivity contribution in [2.75, 3.05) is 0 Å². The number of aromatic nitrogens is 1. The quantitative estimate of drug-likeness (QED) is 0.701. The fourth-order valence-corrected chi connectivity index (χ4v) is 4.19. The lowest BCUT2D eigenvalue weighted by atomic mass is 10.2. The molecule has 0 saturated carbocycles. The molecule has 1 aromatic heterocycles. The van der Waals surface area contributed by atoms with E-state index in [9.17, 15) is 12.8 Å². The van der Waals surface area contributed by atoms with E-state index in [-0.39, 0.29) is 17.3 Å². The number of hydrogen-bond donors (Lipinski definition) is 1. The average Bonchev–Trinajstić information content (AvgIpc) is 2.88. The Labute approximate surface area is 157 Å². The summed E-state index contributed by atoms with van der Waals surface area (Å²) in [6, 6.07) is 14.2. The molecule has 0 spiro atoms. The number of aryl methyl sites for hydroxylation is 1. The van der Waals surface area contributed by atoms with Gasteiger partial charge < -0.3 is 4.57 Å². The predicted molar refractivity (Wildman–Crippen MR) is 101 cm³/mol. The number of hydrogen-bond acceptors (Lipinski definition) is 2. The van der Waals surface area contributed by atoms with E-state index in [0.717, 1.165) is 22.6 Å². The smallest absolute Gasteiger partial charge is 0.240 e. The van der Waals surface area contributed by atoms with Crippen LogP contribution in [0.25, 0.3) is 5.69 Å². The standard InChI is InChI=1S/C19H18ClFN2O2S/c1-13-10-15(14(2)23(13)18-8-6-17(21)7-9-18)12-22-26(24,25)19-5-3-4-16(20)11-19/h3-11,22H,12H2,1-2H3. The zero-order valence-corrected chi connectivity index (χ0v) is 15.9. The van der Waals surface area contributed by atoms with Gasteiger partial charge in [-0.05, 0) is 67.9 Å². The maximum atomic E-state index is 13.2. The molecule has 0 saturated heterocycles. The highest BCUT2D eigenvalue weighted by atomic mass is 35.5. The van der Waals surface area contributed by atoms with Gasteiger partial charge in [-0.15, -0.1) is 0 Å². The van der Waals surface area contributed by atoms with Crippen molar-refractivity contribution in [3.05, 3.63) is 82.4 Å². The highest BCUT2D eigenvalue weighted by molar-refractivity contribution is 7.89. The first kappa shape index (κ1) is 18.6. The molecule has 3 rings (SSSR count). The SMILES string of the molecule is Cc1cc(CNS(=O)(=O)c2cccc(Cl)c2)c(C)n1-c1ccc(F)cc1. The van der Waals surface area contributed by atoms with Crippen molar-refractivity contribution in [2.24, 2.45) is 0 Å². The summed E-state index contributed by atoms with van der Waals surface area (Å²) in [6.07, 6.45) is 0. The van der Waals surface area contributed by atoms with Gasteiger partial charge in [0.25, 0.3) is 0 Å².